The average molecular weight is 345 g/mol. The molecule has 1 aromatic carbocycles. The number of carbonyl (C=O) groups is 1. The SMILES string of the molecule is O=C(O)c1c(Oc2ncccc2Br)cnc2ccccc12. The molecule has 0 unspecified atom stereocenters. The molecule has 0 radical (unpaired) electrons. The van der Waals surface area contributed by atoms with E-state index in [1.54, 1.807) is 42.6 Å². The molecule has 104 valence electrons. The highest BCUT2D eigenvalue weighted by atomic mass is 79.9. The molecule has 0 atom stereocenters. The maximum absolute atomic E-state index is 11.6. The van der Waals surface area contributed by atoms with Crippen LogP contribution in [0, 0.1) is 0 Å². The van der Waals surface area contributed by atoms with Crippen molar-refractivity contribution in [2.24, 2.45) is 0 Å². The summed E-state index contributed by atoms with van der Waals surface area (Å²) in [6, 6.07) is 10.5. The molecular formula is C15H9BrN2O3. The summed E-state index contributed by atoms with van der Waals surface area (Å²) in [4.78, 5) is 19.9. The van der Waals surface area contributed by atoms with Gasteiger partial charge >= 0.3 is 5.97 Å². The zero-order valence-corrected chi connectivity index (χ0v) is 12.2. The number of carboxylic acids is 1. The van der Waals surface area contributed by atoms with E-state index in [0.717, 1.165) is 0 Å². The Morgan fingerprint density at radius 3 is 2.71 bits per heavy atom. The van der Waals surface area contributed by atoms with Crippen molar-refractivity contribution >= 4 is 32.8 Å². The van der Waals surface area contributed by atoms with Gasteiger partial charge in [-0.1, -0.05) is 18.2 Å². The van der Waals surface area contributed by atoms with Crippen LogP contribution in [0.25, 0.3) is 10.9 Å². The Morgan fingerprint density at radius 2 is 1.95 bits per heavy atom. The Bertz CT molecular complexity index is 836. The first-order chi connectivity index (χ1) is 10.2. The van der Waals surface area contributed by atoms with Crippen molar-refractivity contribution in [1.29, 1.82) is 0 Å². The highest BCUT2D eigenvalue weighted by molar-refractivity contribution is 9.10. The average Bonchev–Trinajstić information content (AvgIpc) is 2.49. The number of nitrogens with zero attached hydrogens (tertiary/aromatic N) is 2. The van der Waals surface area contributed by atoms with Crippen molar-refractivity contribution in [3.63, 3.8) is 0 Å². The lowest BCUT2D eigenvalue weighted by molar-refractivity contribution is 0.0696. The molecular weight excluding hydrogens is 336 g/mol. The second kappa shape index (κ2) is 5.49. The molecule has 0 saturated carbocycles. The Hall–Kier alpha value is -2.47. The first kappa shape index (κ1) is 13.5. The molecule has 2 heterocycles. The minimum Gasteiger partial charge on any atom is -0.478 e. The third-order valence-electron chi connectivity index (χ3n) is 2.89. The third kappa shape index (κ3) is 2.57. The molecule has 3 aromatic rings. The molecule has 21 heavy (non-hydrogen) atoms. The fourth-order valence-corrected chi connectivity index (χ4v) is 2.31. The molecule has 0 aliphatic carbocycles. The van der Waals surface area contributed by atoms with Crippen LogP contribution in [0.15, 0.2) is 53.3 Å². The summed E-state index contributed by atoms with van der Waals surface area (Å²) in [5.74, 6) is -0.631. The number of rotatable bonds is 3. The van der Waals surface area contributed by atoms with Crippen LogP contribution in [0.3, 0.4) is 0 Å². The van der Waals surface area contributed by atoms with E-state index in [2.05, 4.69) is 25.9 Å². The molecule has 0 spiro atoms. The Kier molecular flexibility index (Phi) is 3.53. The standard InChI is InChI=1S/C15H9BrN2O3/c16-10-5-3-7-17-14(10)21-12-8-18-11-6-2-1-4-9(11)13(12)15(19)20/h1-8H,(H,19,20). The summed E-state index contributed by atoms with van der Waals surface area (Å²) in [5, 5.41) is 9.99. The van der Waals surface area contributed by atoms with Gasteiger partial charge in [0.1, 0.15) is 5.56 Å². The highest BCUT2D eigenvalue weighted by Crippen LogP contribution is 2.32. The van der Waals surface area contributed by atoms with Gasteiger partial charge in [-0.25, -0.2) is 9.78 Å². The smallest absolute Gasteiger partial charge is 0.340 e. The molecule has 0 aliphatic rings. The van der Waals surface area contributed by atoms with Gasteiger partial charge < -0.3 is 9.84 Å². The van der Waals surface area contributed by atoms with E-state index in [1.165, 1.54) is 6.20 Å². The second-order valence-corrected chi connectivity index (χ2v) is 5.07. The lowest BCUT2D eigenvalue weighted by Gasteiger charge is -2.10. The molecule has 0 aliphatic heterocycles. The van der Waals surface area contributed by atoms with E-state index in [0.29, 0.717) is 15.4 Å². The van der Waals surface area contributed by atoms with Crippen molar-refractivity contribution in [3.8, 4) is 11.6 Å². The Morgan fingerprint density at radius 1 is 1.14 bits per heavy atom. The predicted octanol–water partition coefficient (Wildman–Crippen LogP) is 3.88. The summed E-state index contributed by atoms with van der Waals surface area (Å²) in [6.07, 6.45) is 2.96. The number of benzene rings is 1. The minimum absolute atomic E-state index is 0.0677. The van der Waals surface area contributed by atoms with E-state index in [1.807, 2.05) is 0 Å². The number of hydrogen-bond donors (Lipinski definition) is 1. The normalized spacial score (nSPS) is 10.5. The van der Waals surface area contributed by atoms with Crippen LogP contribution in [0.5, 0.6) is 11.6 Å². The molecule has 2 aromatic heterocycles. The van der Waals surface area contributed by atoms with Crippen LogP contribution in [0.4, 0.5) is 0 Å². The van der Waals surface area contributed by atoms with E-state index in [-0.39, 0.29) is 17.2 Å². The van der Waals surface area contributed by atoms with Crippen LogP contribution in [0.2, 0.25) is 0 Å². The summed E-state index contributed by atoms with van der Waals surface area (Å²) in [6.45, 7) is 0. The van der Waals surface area contributed by atoms with Crippen molar-refractivity contribution in [2.45, 2.75) is 0 Å². The van der Waals surface area contributed by atoms with E-state index < -0.39 is 5.97 Å². The molecule has 0 amide bonds. The third-order valence-corrected chi connectivity index (χ3v) is 3.49. The fraction of sp³-hybridized carbons (Fsp3) is 0. The topological polar surface area (TPSA) is 72.3 Å². The minimum atomic E-state index is -1.07. The van der Waals surface area contributed by atoms with Crippen LogP contribution in [-0.4, -0.2) is 21.0 Å². The Balaban J connectivity index is 2.17. The molecule has 0 fully saturated rings. The van der Waals surface area contributed by atoms with Gasteiger partial charge in [0, 0.05) is 11.6 Å². The molecule has 5 nitrogen and oxygen atoms in total. The highest BCUT2D eigenvalue weighted by Gasteiger charge is 2.18. The number of aromatic carboxylic acids is 1. The molecule has 0 bridgehead atoms. The van der Waals surface area contributed by atoms with E-state index in [9.17, 15) is 9.90 Å². The van der Waals surface area contributed by atoms with Crippen molar-refractivity contribution in [3.05, 3.63) is 58.8 Å². The molecule has 6 heteroatoms. The van der Waals surface area contributed by atoms with Crippen LogP contribution >= 0.6 is 15.9 Å². The largest absolute Gasteiger partial charge is 0.478 e. The van der Waals surface area contributed by atoms with Gasteiger partial charge in [0.2, 0.25) is 5.88 Å². The number of halogens is 1. The maximum Gasteiger partial charge on any atom is 0.340 e. The fourth-order valence-electron chi connectivity index (χ4n) is 1.97. The number of carboxylic acid groups (broad SMARTS) is 1. The molecule has 1 N–H and O–H groups in total. The monoisotopic (exact) mass is 344 g/mol. The lowest BCUT2D eigenvalue weighted by Crippen LogP contribution is -2.03. The first-order valence-electron chi connectivity index (χ1n) is 6.06. The number of hydrogen-bond acceptors (Lipinski definition) is 4. The van der Waals surface area contributed by atoms with Crippen LogP contribution < -0.4 is 4.74 Å². The Labute approximate surface area is 128 Å². The predicted molar refractivity (Wildman–Crippen MR) is 80.7 cm³/mol. The number of aromatic nitrogens is 2. The zero-order valence-electron chi connectivity index (χ0n) is 10.7. The number of pyridine rings is 2. The van der Waals surface area contributed by atoms with E-state index in [4.69, 9.17) is 4.74 Å². The molecule has 3 rings (SSSR count). The van der Waals surface area contributed by atoms with Gasteiger partial charge in [-0.2, -0.15) is 0 Å². The number of fused-ring (bicyclic) bond motifs is 1. The van der Waals surface area contributed by atoms with Crippen molar-refractivity contribution in [2.75, 3.05) is 0 Å². The van der Waals surface area contributed by atoms with Gasteiger partial charge in [-0.3, -0.25) is 4.98 Å². The molecule has 0 saturated heterocycles. The summed E-state index contributed by atoms with van der Waals surface area (Å²) in [5.41, 5.74) is 0.667. The zero-order chi connectivity index (χ0) is 14.8. The van der Waals surface area contributed by atoms with Gasteiger partial charge in [0.05, 0.1) is 16.2 Å². The van der Waals surface area contributed by atoms with Crippen LogP contribution in [-0.2, 0) is 0 Å². The lowest BCUT2D eigenvalue weighted by atomic mass is 10.1. The van der Waals surface area contributed by atoms with Crippen molar-refractivity contribution in [1.82, 2.24) is 9.97 Å². The quantitative estimate of drug-likeness (QED) is 0.780. The van der Waals surface area contributed by atoms with Crippen LogP contribution in [0.1, 0.15) is 10.4 Å². The summed E-state index contributed by atoms with van der Waals surface area (Å²) >= 11 is 3.31. The first-order valence-corrected chi connectivity index (χ1v) is 6.85. The number of ether oxygens (including phenoxy) is 1. The van der Waals surface area contributed by atoms with E-state index >= 15 is 0 Å². The van der Waals surface area contributed by atoms with Gasteiger partial charge in [-0.15, -0.1) is 0 Å². The van der Waals surface area contributed by atoms with Crippen molar-refractivity contribution < 1.29 is 14.6 Å². The van der Waals surface area contributed by atoms with Gasteiger partial charge in [-0.05, 0) is 34.1 Å². The maximum atomic E-state index is 11.6. The van der Waals surface area contributed by atoms with Gasteiger partial charge in [0.15, 0.2) is 5.75 Å². The second-order valence-electron chi connectivity index (χ2n) is 4.21. The summed E-state index contributed by atoms with van der Waals surface area (Å²) in [7, 11) is 0. The number of para-hydroxylation sites is 1. The van der Waals surface area contributed by atoms with Gasteiger partial charge in [0.25, 0.3) is 0 Å². The summed E-state index contributed by atoms with van der Waals surface area (Å²) < 4.78 is 6.24.